The zero-order valence-corrected chi connectivity index (χ0v) is 10.4. The van der Waals surface area contributed by atoms with Crippen LogP contribution in [0.4, 0.5) is 0 Å². The summed E-state index contributed by atoms with van der Waals surface area (Å²) in [6.45, 7) is 0. The zero-order valence-electron chi connectivity index (χ0n) is 10.4. The van der Waals surface area contributed by atoms with E-state index in [4.69, 9.17) is 0 Å². The second-order valence-corrected chi connectivity index (χ2v) is 4.21. The highest BCUT2D eigenvalue weighted by atomic mass is 16.3. The Morgan fingerprint density at radius 2 is 1.10 bits per heavy atom. The molecule has 0 fully saturated rings. The molecule has 20 heavy (non-hydrogen) atoms. The summed E-state index contributed by atoms with van der Waals surface area (Å²) < 4.78 is 0. The van der Waals surface area contributed by atoms with Crippen LogP contribution in [0, 0.1) is 0 Å². The summed E-state index contributed by atoms with van der Waals surface area (Å²) in [5, 5.41) is 18.5. The van der Waals surface area contributed by atoms with Crippen LogP contribution in [0.25, 0.3) is 22.8 Å². The third-order valence-electron chi connectivity index (χ3n) is 2.77. The molecule has 0 bridgehead atoms. The second kappa shape index (κ2) is 4.97. The van der Waals surface area contributed by atoms with Gasteiger partial charge in [-0.3, -0.25) is 9.97 Å². The monoisotopic (exact) mass is 265 g/mol. The fraction of sp³-hybridized carbons (Fsp3) is 0. The van der Waals surface area contributed by atoms with Gasteiger partial charge >= 0.3 is 0 Å². The molecular formula is C15H11N3O2. The highest BCUT2D eigenvalue weighted by molar-refractivity contribution is 5.62. The Labute approximate surface area is 115 Å². The average Bonchev–Trinajstić information content (AvgIpc) is 2.49. The summed E-state index contributed by atoms with van der Waals surface area (Å²) in [4.78, 5) is 12.7. The van der Waals surface area contributed by atoms with E-state index in [2.05, 4.69) is 15.0 Å². The zero-order chi connectivity index (χ0) is 13.9. The summed E-state index contributed by atoms with van der Waals surface area (Å²) in [5.41, 5.74) is 2.72. The number of nitrogens with zero attached hydrogens (tertiary/aromatic N) is 3. The number of aromatic nitrogens is 3. The van der Waals surface area contributed by atoms with Crippen molar-refractivity contribution in [1.29, 1.82) is 0 Å². The second-order valence-electron chi connectivity index (χ2n) is 4.21. The molecular weight excluding hydrogens is 254 g/mol. The van der Waals surface area contributed by atoms with Gasteiger partial charge in [0.05, 0.1) is 35.2 Å². The number of hydrogen-bond acceptors (Lipinski definition) is 5. The molecule has 98 valence electrons. The van der Waals surface area contributed by atoms with Gasteiger partial charge in [-0.25, -0.2) is 4.98 Å². The van der Waals surface area contributed by atoms with E-state index in [1.54, 1.807) is 24.3 Å². The lowest BCUT2D eigenvalue weighted by molar-refractivity contribution is 0.472. The molecule has 0 aliphatic heterocycles. The standard InChI is InChI=1S/C15H11N3O2/c19-10-4-6-12(16-8-10)14-2-1-3-15(18-14)13-7-5-11(20)9-17-13/h1-9,19-20H. The highest BCUT2D eigenvalue weighted by Crippen LogP contribution is 2.22. The first-order valence-corrected chi connectivity index (χ1v) is 6.00. The quantitative estimate of drug-likeness (QED) is 0.744. The summed E-state index contributed by atoms with van der Waals surface area (Å²) in [7, 11) is 0. The molecule has 0 amide bonds. The molecule has 0 atom stereocenters. The summed E-state index contributed by atoms with van der Waals surface area (Å²) >= 11 is 0. The van der Waals surface area contributed by atoms with Gasteiger partial charge in [0, 0.05) is 0 Å². The van der Waals surface area contributed by atoms with Crippen molar-refractivity contribution in [2.24, 2.45) is 0 Å². The van der Waals surface area contributed by atoms with Crippen LogP contribution in [-0.4, -0.2) is 25.2 Å². The van der Waals surface area contributed by atoms with Crippen molar-refractivity contribution in [3.05, 3.63) is 54.9 Å². The van der Waals surface area contributed by atoms with E-state index in [1.807, 2.05) is 18.2 Å². The fourth-order valence-electron chi connectivity index (χ4n) is 1.80. The molecule has 0 aromatic carbocycles. The van der Waals surface area contributed by atoms with E-state index in [-0.39, 0.29) is 11.5 Å². The van der Waals surface area contributed by atoms with Gasteiger partial charge in [0.1, 0.15) is 11.5 Å². The molecule has 2 N–H and O–H groups in total. The maximum absolute atomic E-state index is 9.25. The molecule has 3 heterocycles. The van der Waals surface area contributed by atoms with Gasteiger partial charge in [-0.1, -0.05) is 6.07 Å². The van der Waals surface area contributed by atoms with Crippen molar-refractivity contribution in [3.8, 4) is 34.3 Å². The normalized spacial score (nSPS) is 10.4. The molecule has 0 unspecified atom stereocenters. The maximum atomic E-state index is 9.25. The SMILES string of the molecule is Oc1ccc(-c2cccc(-c3ccc(O)cn3)n2)nc1. The smallest absolute Gasteiger partial charge is 0.133 e. The van der Waals surface area contributed by atoms with Crippen LogP contribution < -0.4 is 0 Å². The van der Waals surface area contributed by atoms with Crippen molar-refractivity contribution in [3.63, 3.8) is 0 Å². The average molecular weight is 265 g/mol. The predicted molar refractivity (Wildman–Crippen MR) is 74.0 cm³/mol. The largest absolute Gasteiger partial charge is 0.506 e. The van der Waals surface area contributed by atoms with E-state index < -0.39 is 0 Å². The summed E-state index contributed by atoms with van der Waals surface area (Å²) in [6, 6.07) is 12.1. The van der Waals surface area contributed by atoms with E-state index in [0.29, 0.717) is 22.8 Å². The van der Waals surface area contributed by atoms with Crippen LogP contribution in [0.5, 0.6) is 11.5 Å². The van der Waals surface area contributed by atoms with Crippen molar-refractivity contribution < 1.29 is 10.2 Å². The number of pyridine rings is 3. The number of aromatic hydroxyl groups is 2. The molecule has 0 saturated heterocycles. The Kier molecular flexibility index (Phi) is 3.01. The molecule has 5 nitrogen and oxygen atoms in total. The topological polar surface area (TPSA) is 79.1 Å². The van der Waals surface area contributed by atoms with Crippen molar-refractivity contribution in [2.45, 2.75) is 0 Å². The van der Waals surface area contributed by atoms with E-state index >= 15 is 0 Å². The van der Waals surface area contributed by atoms with Gasteiger partial charge in [0.2, 0.25) is 0 Å². The van der Waals surface area contributed by atoms with Gasteiger partial charge in [0.25, 0.3) is 0 Å². The Balaban J connectivity index is 2.01. The first-order valence-electron chi connectivity index (χ1n) is 6.00. The maximum Gasteiger partial charge on any atom is 0.133 e. The van der Waals surface area contributed by atoms with Crippen LogP contribution in [0.2, 0.25) is 0 Å². The molecule has 0 spiro atoms. The van der Waals surface area contributed by atoms with Gasteiger partial charge < -0.3 is 10.2 Å². The van der Waals surface area contributed by atoms with E-state index in [1.165, 1.54) is 12.4 Å². The van der Waals surface area contributed by atoms with Crippen LogP contribution in [0.3, 0.4) is 0 Å². The lowest BCUT2D eigenvalue weighted by Gasteiger charge is -2.04. The van der Waals surface area contributed by atoms with Gasteiger partial charge in [-0.15, -0.1) is 0 Å². The minimum Gasteiger partial charge on any atom is -0.506 e. The fourth-order valence-corrected chi connectivity index (χ4v) is 1.80. The van der Waals surface area contributed by atoms with Crippen LogP contribution >= 0.6 is 0 Å². The lowest BCUT2D eigenvalue weighted by Crippen LogP contribution is -1.91. The van der Waals surface area contributed by atoms with Crippen molar-refractivity contribution in [1.82, 2.24) is 15.0 Å². The molecule has 0 aliphatic rings. The van der Waals surface area contributed by atoms with Gasteiger partial charge in [0.15, 0.2) is 0 Å². The Morgan fingerprint density at radius 1 is 0.600 bits per heavy atom. The first kappa shape index (κ1) is 12.1. The molecule has 3 aromatic rings. The summed E-state index contributed by atoms with van der Waals surface area (Å²) in [5.74, 6) is 0.232. The van der Waals surface area contributed by atoms with Crippen molar-refractivity contribution in [2.75, 3.05) is 0 Å². The Bertz CT molecular complexity index is 664. The molecule has 0 aliphatic carbocycles. The third kappa shape index (κ3) is 2.42. The lowest BCUT2D eigenvalue weighted by atomic mass is 10.2. The van der Waals surface area contributed by atoms with Gasteiger partial charge in [-0.05, 0) is 36.4 Å². The molecule has 0 radical (unpaired) electrons. The van der Waals surface area contributed by atoms with Crippen LogP contribution in [-0.2, 0) is 0 Å². The third-order valence-corrected chi connectivity index (χ3v) is 2.77. The van der Waals surface area contributed by atoms with Crippen LogP contribution in [0.1, 0.15) is 0 Å². The molecule has 5 heteroatoms. The minimum absolute atomic E-state index is 0.116. The molecule has 3 rings (SSSR count). The Hall–Kier alpha value is -2.95. The molecule has 3 aromatic heterocycles. The number of rotatable bonds is 2. The minimum atomic E-state index is 0.116. The molecule has 0 saturated carbocycles. The predicted octanol–water partition coefficient (Wildman–Crippen LogP) is 2.62. The first-order chi connectivity index (χ1) is 9.72. The van der Waals surface area contributed by atoms with E-state index in [0.717, 1.165) is 0 Å². The summed E-state index contributed by atoms with van der Waals surface area (Å²) in [6.07, 6.45) is 2.75. The number of hydrogen-bond donors (Lipinski definition) is 2. The van der Waals surface area contributed by atoms with E-state index in [9.17, 15) is 10.2 Å². The highest BCUT2D eigenvalue weighted by Gasteiger charge is 2.05. The van der Waals surface area contributed by atoms with Crippen LogP contribution in [0.15, 0.2) is 54.9 Å². The Morgan fingerprint density at radius 3 is 1.50 bits per heavy atom. The van der Waals surface area contributed by atoms with Crippen molar-refractivity contribution >= 4 is 0 Å². The van der Waals surface area contributed by atoms with Gasteiger partial charge in [-0.2, -0.15) is 0 Å².